The molecule has 0 saturated heterocycles. The van der Waals surface area contributed by atoms with Crippen LogP contribution in [0.3, 0.4) is 0 Å². The predicted molar refractivity (Wildman–Crippen MR) is 84.0 cm³/mol. The zero-order chi connectivity index (χ0) is 16.9. The SMILES string of the molecule is CC(NCc1nnnn1-c1ccc(OC(F)F)cc1)C1CCCC1. The number of benzene rings is 1. The Morgan fingerprint density at radius 3 is 2.62 bits per heavy atom. The van der Waals surface area contributed by atoms with E-state index in [2.05, 4.69) is 32.5 Å². The molecule has 6 nitrogen and oxygen atoms in total. The predicted octanol–water partition coefficient (Wildman–Crippen LogP) is 2.93. The Hall–Kier alpha value is -2.09. The monoisotopic (exact) mass is 337 g/mol. The summed E-state index contributed by atoms with van der Waals surface area (Å²) in [6.07, 6.45) is 5.15. The van der Waals surface area contributed by atoms with Gasteiger partial charge in [0.1, 0.15) is 5.75 Å². The molecule has 1 aromatic heterocycles. The molecule has 1 aliphatic rings. The number of hydrogen-bond donors (Lipinski definition) is 1. The third-order valence-electron chi connectivity index (χ3n) is 4.53. The Kier molecular flexibility index (Phi) is 5.34. The molecule has 1 fully saturated rings. The average molecular weight is 337 g/mol. The van der Waals surface area contributed by atoms with Gasteiger partial charge < -0.3 is 10.1 Å². The summed E-state index contributed by atoms with van der Waals surface area (Å²) in [7, 11) is 0. The van der Waals surface area contributed by atoms with Crippen molar-refractivity contribution in [3.8, 4) is 11.4 Å². The van der Waals surface area contributed by atoms with Gasteiger partial charge in [-0.05, 0) is 60.4 Å². The maximum atomic E-state index is 12.2. The average Bonchev–Trinajstić information content (AvgIpc) is 3.24. The van der Waals surface area contributed by atoms with Gasteiger partial charge in [0.25, 0.3) is 0 Å². The van der Waals surface area contributed by atoms with Gasteiger partial charge in [-0.3, -0.25) is 0 Å². The largest absolute Gasteiger partial charge is 0.435 e. The van der Waals surface area contributed by atoms with Gasteiger partial charge in [0.05, 0.1) is 12.2 Å². The molecule has 130 valence electrons. The summed E-state index contributed by atoms with van der Waals surface area (Å²) < 4.78 is 30.3. The molecule has 1 heterocycles. The maximum Gasteiger partial charge on any atom is 0.387 e. The first-order valence-corrected chi connectivity index (χ1v) is 8.19. The van der Waals surface area contributed by atoms with Crippen LogP contribution >= 0.6 is 0 Å². The van der Waals surface area contributed by atoms with Crippen LogP contribution in [0.1, 0.15) is 38.4 Å². The molecule has 1 aromatic carbocycles. The highest BCUT2D eigenvalue weighted by Crippen LogP contribution is 2.27. The minimum atomic E-state index is -2.83. The van der Waals surface area contributed by atoms with Crippen molar-refractivity contribution in [2.75, 3.05) is 0 Å². The summed E-state index contributed by atoms with van der Waals surface area (Å²) in [6.45, 7) is -0.0821. The highest BCUT2D eigenvalue weighted by Gasteiger charge is 2.21. The van der Waals surface area contributed by atoms with Crippen LogP contribution < -0.4 is 10.1 Å². The van der Waals surface area contributed by atoms with E-state index in [1.165, 1.54) is 37.8 Å². The van der Waals surface area contributed by atoms with Crippen molar-refractivity contribution in [3.63, 3.8) is 0 Å². The summed E-state index contributed by atoms with van der Waals surface area (Å²) in [5.74, 6) is 1.50. The lowest BCUT2D eigenvalue weighted by Gasteiger charge is -2.20. The molecule has 1 unspecified atom stereocenters. The molecule has 0 bridgehead atoms. The van der Waals surface area contributed by atoms with E-state index in [4.69, 9.17) is 0 Å². The second-order valence-corrected chi connectivity index (χ2v) is 6.09. The Morgan fingerprint density at radius 2 is 1.96 bits per heavy atom. The van der Waals surface area contributed by atoms with E-state index in [0.29, 0.717) is 30.0 Å². The number of rotatable bonds is 7. The summed E-state index contributed by atoms with van der Waals surface area (Å²) >= 11 is 0. The van der Waals surface area contributed by atoms with Gasteiger partial charge in [-0.1, -0.05) is 12.8 Å². The number of nitrogens with zero attached hydrogens (tertiary/aromatic N) is 4. The van der Waals surface area contributed by atoms with Gasteiger partial charge in [0.2, 0.25) is 0 Å². The van der Waals surface area contributed by atoms with Gasteiger partial charge in [0.15, 0.2) is 5.82 Å². The molecule has 1 atom stereocenters. The number of alkyl halides is 2. The van der Waals surface area contributed by atoms with Crippen molar-refractivity contribution in [2.45, 2.75) is 51.8 Å². The van der Waals surface area contributed by atoms with Crippen LogP contribution in [0.25, 0.3) is 5.69 Å². The van der Waals surface area contributed by atoms with E-state index >= 15 is 0 Å². The number of ether oxygens (including phenoxy) is 1. The number of halogens is 2. The van der Waals surface area contributed by atoms with Crippen LogP contribution in [0.4, 0.5) is 8.78 Å². The van der Waals surface area contributed by atoms with Crippen LogP contribution in [0, 0.1) is 5.92 Å². The third kappa shape index (κ3) is 4.05. The van der Waals surface area contributed by atoms with Crippen molar-refractivity contribution >= 4 is 0 Å². The zero-order valence-corrected chi connectivity index (χ0v) is 13.5. The Morgan fingerprint density at radius 1 is 1.25 bits per heavy atom. The quantitative estimate of drug-likeness (QED) is 0.841. The summed E-state index contributed by atoms with van der Waals surface area (Å²) in [5.41, 5.74) is 0.701. The molecule has 0 aliphatic heterocycles. The second kappa shape index (κ2) is 7.65. The summed E-state index contributed by atoms with van der Waals surface area (Å²) in [5, 5.41) is 15.2. The number of hydrogen-bond acceptors (Lipinski definition) is 5. The highest BCUT2D eigenvalue weighted by molar-refractivity contribution is 5.37. The molecule has 1 aliphatic carbocycles. The molecule has 0 radical (unpaired) electrons. The number of aromatic nitrogens is 4. The van der Waals surface area contributed by atoms with Crippen molar-refractivity contribution in [1.29, 1.82) is 0 Å². The molecule has 2 aromatic rings. The molecule has 24 heavy (non-hydrogen) atoms. The molecule has 3 rings (SSSR count). The van der Waals surface area contributed by atoms with Gasteiger partial charge in [0, 0.05) is 6.04 Å². The van der Waals surface area contributed by atoms with Crippen molar-refractivity contribution in [3.05, 3.63) is 30.1 Å². The van der Waals surface area contributed by atoms with E-state index in [0.717, 1.165) is 0 Å². The first-order chi connectivity index (χ1) is 11.6. The Bertz CT molecular complexity index is 640. The third-order valence-corrected chi connectivity index (χ3v) is 4.53. The van der Waals surface area contributed by atoms with E-state index in [1.54, 1.807) is 16.8 Å². The van der Waals surface area contributed by atoms with Gasteiger partial charge >= 0.3 is 6.61 Å². The molecular weight excluding hydrogens is 316 g/mol. The zero-order valence-electron chi connectivity index (χ0n) is 13.5. The first-order valence-electron chi connectivity index (χ1n) is 8.19. The summed E-state index contributed by atoms with van der Waals surface area (Å²) in [4.78, 5) is 0. The molecule has 0 amide bonds. The van der Waals surface area contributed by atoms with Crippen LogP contribution in [0.15, 0.2) is 24.3 Å². The van der Waals surface area contributed by atoms with E-state index < -0.39 is 6.61 Å². The lowest BCUT2D eigenvalue weighted by molar-refractivity contribution is -0.0498. The van der Waals surface area contributed by atoms with E-state index in [-0.39, 0.29) is 5.75 Å². The minimum Gasteiger partial charge on any atom is -0.435 e. The van der Waals surface area contributed by atoms with E-state index in [1.807, 2.05) is 0 Å². The van der Waals surface area contributed by atoms with Crippen LogP contribution in [0.5, 0.6) is 5.75 Å². The summed E-state index contributed by atoms with van der Waals surface area (Å²) in [6, 6.07) is 6.67. The van der Waals surface area contributed by atoms with Crippen LogP contribution in [0.2, 0.25) is 0 Å². The van der Waals surface area contributed by atoms with Gasteiger partial charge in [-0.15, -0.1) is 5.10 Å². The van der Waals surface area contributed by atoms with Gasteiger partial charge in [-0.2, -0.15) is 13.5 Å². The molecule has 8 heteroatoms. The van der Waals surface area contributed by atoms with Gasteiger partial charge in [-0.25, -0.2) is 0 Å². The Labute approximate surface area is 139 Å². The Balaban J connectivity index is 1.64. The highest BCUT2D eigenvalue weighted by atomic mass is 19.3. The fourth-order valence-electron chi connectivity index (χ4n) is 3.16. The molecule has 1 saturated carbocycles. The minimum absolute atomic E-state index is 0.108. The topological polar surface area (TPSA) is 64.9 Å². The first kappa shape index (κ1) is 16.8. The number of tetrazole rings is 1. The van der Waals surface area contributed by atoms with Crippen LogP contribution in [-0.4, -0.2) is 32.9 Å². The molecule has 0 spiro atoms. The van der Waals surface area contributed by atoms with Crippen molar-refractivity contribution < 1.29 is 13.5 Å². The molecular formula is C16H21F2N5O. The van der Waals surface area contributed by atoms with E-state index in [9.17, 15) is 8.78 Å². The maximum absolute atomic E-state index is 12.2. The smallest absolute Gasteiger partial charge is 0.387 e. The van der Waals surface area contributed by atoms with Crippen molar-refractivity contribution in [1.82, 2.24) is 25.5 Å². The number of nitrogens with one attached hydrogen (secondary N) is 1. The molecule has 1 N–H and O–H groups in total. The lowest BCUT2D eigenvalue weighted by Crippen LogP contribution is -2.32. The fourth-order valence-corrected chi connectivity index (χ4v) is 3.16. The lowest BCUT2D eigenvalue weighted by atomic mass is 10.00. The normalized spacial score (nSPS) is 16.7. The van der Waals surface area contributed by atoms with Crippen molar-refractivity contribution in [2.24, 2.45) is 5.92 Å². The fraction of sp³-hybridized carbons (Fsp3) is 0.562. The second-order valence-electron chi connectivity index (χ2n) is 6.09. The van der Waals surface area contributed by atoms with Crippen LogP contribution in [-0.2, 0) is 6.54 Å². The standard InChI is InChI=1S/C16H21F2N5O/c1-11(12-4-2-3-5-12)19-10-15-20-21-22-23(15)13-6-8-14(9-7-13)24-16(17)18/h6-9,11-12,16,19H,2-5,10H2,1H3.